The monoisotopic (exact) mass is 129 g/mol. The third kappa shape index (κ3) is 1.58. The molecule has 0 aliphatic carbocycles. The van der Waals surface area contributed by atoms with Crippen molar-refractivity contribution >= 4 is 18.3 Å². The van der Waals surface area contributed by atoms with Gasteiger partial charge in [0.1, 0.15) is 0 Å². The molecule has 0 amide bonds. The topological polar surface area (TPSA) is 21.6 Å². The lowest BCUT2D eigenvalue weighted by Gasteiger charge is -1.96. The van der Waals surface area contributed by atoms with Crippen LogP contribution in [-0.2, 0) is 4.28 Å². The summed E-state index contributed by atoms with van der Waals surface area (Å²) in [7, 11) is 0. The molecule has 0 fully saturated rings. The Bertz CT molecular complexity index is 122. The van der Waals surface area contributed by atoms with Gasteiger partial charge in [-0.25, -0.2) is 0 Å². The second-order valence-corrected chi connectivity index (χ2v) is 2.60. The molecule has 8 heavy (non-hydrogen) atoms. The first-order valence-electron chi connectivity index (χ1n) is 2.42. The maximum Gasteiger partial charge on any atom is 0.0949 e. The predicted molar refractivity (Wildman–Crippen MR) is 35.8 cm³/mol. The van der Waals surface area contributed by atoms with Gasteiger partial charge in [-0.3, -0.25) is 0 Å². The fourth-order valence-electron chi connectivity index (χ4n) is 0.391. The number of nitrogens with zero attached hydrogens (tertiary/aromatic N) is 1. The van der Waals surface area contributed by atoms with E-state index in [9.17, 15) is 0 Å². The van der Waals surface area contributed by atoms with E-state index >= 15 is 0 Å². The summed E-state index contributed by atoms with van der Waals surface area (Å²) < 4.78 is 4.73. The molecule has 0 saturated heterocycles. The fourth-order valence-corrected chi connectivity index (χ4v) is 0.781. The number of hydrogen-bond acceptors (Lipinski definition) is 3. The summed E-state index contributed by atoms with van der Waals surface area (Å²) in [6.07, 6.45) is 5.54. The Morgan fingerprint density at radius 3 is 3.50 bits per heavy atom. The normalized spacial score (nSPS) is 26.9. The van der Waals surface area contributed by atoms with Gasteiger partial charge in [0.2, 0.25) is 0 Å². The van der Waals surface area contributed by atoms with E-state index in [1.165, 1.54) is 12.0 Å². The van der Waals surface area contributed by atoms with Crippen LogP contribution in [0.15, 0.2) is 17.3 Å². The molecule has 1 rings (SSSR count). The van der Waals surface area contributed by atoms with E-state index in [1.807, 2.05) is 12.2 Å². The minimum absolute atomic E-state index is 0.414. The summed E-state index contributed by atoms with van der Waals surface area (Å²) in [6, 6.07) is 0. The van der Waals surface area contributed by atoms with Crippen molar-refractivity contribution in [1.29, 1.82) is 0 Å². The van der Waals surface area contributed by atoms with Crippen molar-refractivity contribution in [2.24, 2.45) is 5.16 Å². The highest BCUT2D eigenvalue weighted by Crippen LogP contribution is 2.14. The first kappa shape index (κ1) is 5.69. The molecule has 2 nitrogen and oxygen atoms in total. The Morgan fingerprint density at radius 2 is 2.62 bits per heavy atom. The average Bonchev–Trinajstić information content (AvgIpc) is 1.94. The van der Waals surface area contributed by atoms with Crippen molar-refractivity contribution in [3.63, 3.8) is 0 Å². The molecule has 0 aromatic heterocycles. The van der Waals surface area contributed by atoms with Gasteiger partial charge in [-0.2, -0.15) is 0 Å². The SMILES string of the molecule is CC1C=CC=NOS1. The first-order chi connectivity index (χ1) is 3.89. The van der Waals surface area contributed by atoms with Crippen molar-refractivity contribution in [3.05, 3.63) is 12.2 Å². The summed E-state index contributed by atoms with van der Waals surface area (Å²) in [5.74, 6) is 0. The Hall–Kier alpha value is -0.440. The van der Waals surface area contributed by atoms with Gasteiger partial charge < -0.3 is 4.28 Å². The maximum absolute atomic E-state index is 4.73. The standard InChI is InChI=1S/C5H7NOS/c1-5-3-2-4-6-7-8-5/h2-5H,1H3. The van der Waals surface area contributed by atoms with Gasteiger partial charge in [-0.1, -0.05) is 11.2 Å². The van der Waals surface area contributed by atoms with Gasteiger partial charge in [0, 0.05) is 0 Å². The highest BCUT2D eigenvalue weighted by Gasteiger charge is 1.98. The zero-order chi connectivity index (χ0) is 5.82. The summed E-state index contributed by atoms with van der Waals surface area (Å²) in [5.41, 5.74) is 0. The van der Waals surface area contributed by atoms with Gasteiger partial charge in [0.15, 0.2) is 0 Å². The van der Waals surface area contributed by atoms with E-state index in [2.05, 4.69) is 12.1 Å². The van der Waals surface area contributed by atoms with Crippen molar-refractivity contribution in [3.8, 4) is 0 Å². The average molecular weight is 129 g/mol. The van der Waals surface area contributed by atoms with Crippen LogP contribution < -0.4 is 0 Å². The quantitative estimate of drug-likeness (QED) is 0.463. The third-order valence-corrected chi connectivity index (χ3v) is 1.40. The lowest BCUT2D eigenvalue weighted by molar-refractivity contribution is 0.408. The molecule has 0 spiro atoms. The van der Waals surface area contributed by atoms with Gasteiger partial charge in [-0.15, -0.1) is 0 Å². The molecule has 0 radical (unpaired) electrons. The molecule has 44 valence electrons. The van der Waals surface area contributed by atoms with E-state index in [4.69, 9.17) is 4.28 Å². The van der Waals surface area contributed by atoms with E-state index in [0.717, 1.165) is 0 Å². The van der Waals surface area contributed by atoms with Crippen LogP contribution in [-0.4, -0.2) is 11.5 Å². The van der Waals surface area contributed by atoms with E-state index in [0.29, 0.717) is 5.25 Å². The highest BCUT2D eigenvalue weighted by atomic mass is 32.2. The van der Waals surface area contributed by atoms with E-state index in [1.54, 1.807) is 6.21 Å². The van der Waals surface area contributed by atoms with Crippen LogP contribution >= 0.6 is 12.0 Å². The molecule has 1 atom stereocenters. The molecule has 0 aromatic carbocycles. The molecule has 0 N–H and O–H groups in total. The van der Waals surface area contributed by atoms with Crippen LogP contribution in [0.3, 0.4) is 0 Å². The smallest absolute Gasteiger partial charge is 0.0949 e. The molecule has 3 heteroatoms. The van der Waals surface area contributed by atoms with Gasteiger partial charge in [0.05, 0.1) is 23.5 Å². The predicted octanol–water partition coefficient (Wildman–Crippen LogP) is 1.60. The molecule has 0 bridgehead atoms. The lowest BCUT2D eigenvalue weighted by atomic mass is 10.4. The van der Waals surface area contributed by atoms with Crippen molar-refractivity contribution in [2.75, 3.05) is 0 Å². The van der Waals surface area contributed by atoms with Crippen molar-refractivity contribution in [1.82, 2.24) is 0 Å². The number of oxime groups is 1. The van der Waals surface area contributed by atoms with Crippen LogP contribution in [0.2, 0.25) is 0 Å². The van der Waals surface area contributed by atoms with Crippen molar-refractivity contribution < 1.29 is 4.28 Å². The molecule has 1 aliphatic heterocycles. The lowest BCUT2D eigenvalue weighted by Crippen LogP contribution is -1.85. The fraction of sp³-hybridized carbons (Fsp3) is 0.400. The van der Waals surface area contributed by atoms with Crippen molar-refractivity contribution in [2.45, 2.75) is 12.2 Å². The molecule has 1 heterocycles. The molecule has 1 aliphatic rings. The van der Waals surface area contributed by atoms with Crippen LogP contribution in [0, 0.1) is 0 Å². The van der Waals surface area contributed by atoms with Crippen LogP contribution in [0.5, 0.6) is 0 Å². The van der Waals surface area contributed by atoms with E-state index < -0.39 is 0 Å². The molecular formula is C5H7NOS. The number of hydrogen-bond donors (Lipinski definition) is 0. The summed E-state index contributed by atoms with van der Waals surface area (Å²) in [4.78, 5) is 0. The van der Waals surface area contributed by atoms with Gasteiger partial charge >= 0.3 is 0 Å². The Balaban J connectivity index is 2.46. The Kier molecular flexibility index (Phi) is 1.97. The Morgan fingerprint density at radius 1 is 1.75 bits per heavy atom. The van der Waals surface area contributed by atoms with Gasteiger partial charge in [0.25, 0.3) is 0 Å². The number of allylic oxidation sites excluding steroid dienone is 1. The summed E-state index contributed by atoms with van der Waals surface area (Å²) in [5, 5.41) is 3.99. The summed E-state index contributed by atoms with van der Waals surface area (Å²) in [6.45, 7) is 2.05. The molecule has 1 unspecified atom stereocenters. The summed E-state index contributed by atoms with van der Waals surface area (Å²) >= 11 is 1.35. The second-order valence-electron chi connectivity index (χ2n) is 1.52. The Labute approximate surface area is 52.8 Å². The molecule has 0 aromatic rings. The minimum atomic E-state index is 0.414. The number of rotatable bonds is 0. The molecular weight excluding hydrogens is 122 g/mol. The molecule has 0 saturated carbocycles. The zero-order valence-electron chi connectivity index (χ0n) is 4.57. The first-order valence-corrected chi connectivity index (χ1v) is 3.23. The minimum Gasteiger partial charge on any atom is -0.322 e. The van der Waals surface area contributed by atoms with E-state index in [-0.39, 0.29) is 0 Å². The second kappa shape index (κ2) is 2.77. The van der Waals surface area contributed by atoms with Gasteiger partial charge in [-0.05, 0) is 13.0 Å². The zero-order valence-corrected chi connectivity index (χ0v) is 5.39. The maximum atomic E-state index is 4.73. The largest absolute Gasteiger partial charge is 0.322 e. The van der Waals surface area contributed by atoms with Crippen LogP contribution in [0.25, 0.3) is 0 Å². The van der Waals surface area contributed by atoms with Crippen LogP contribution in [0.4, 0.5) is 0 Å². The third-order valence-electron chi connectivity index (χ3n) is 0.767. The highest BCUT2D eigenvalue weighted by molar-refractivity contribution is 7.95. The van der Waals surface area contributed by atoms with Crippen LogP contribution in [0.1, 0.15) is 6.92 Å².